The summed E-state index contributed by atoms with van der Waals surface area (Å²) in [5, 5.41) is 33.9. The van der Waals surface area contributed by atoms with Gasteiger partial charge in [0, 0.05) is 30.5 Å². The third-order valence-electron chi connectivity index (χ3n) is 4.42. The van der Waals surface area contributed by atoms with Gasteiger partial charge in [-0.2, -0.15) is 12.6 Å². The lowest BCUT2D eigenvalue weighted by Crippen LogP contribution is -2.57. The summed E-state index contributed by atoms with van der Waals surface area (Å²) >= 11 is 3.84. The van der Waals surface area contributed by atoms with E-state index >= 15 is 0 Å². The number of aromatic amines is 1. The second-order valence-corrected chi connectivity index (χ2v) is 7.49. The minimum Gasteiger partial charge on any atom is -0.481 e. The summed E-state index contributed by atoms with van der Waals surface area (Å²) < 4.78 is 0. The van der Waals surface area contributed by atoms with Gasteiger partial charge in [0.05, 0.1) is 18.8 Å². The zero-order chi connectivity index (χ0) is 25.8. The summed E-state index contributed by atoms with van der Waals surface area (Å²) in [6.45, 7) is 0. The molecule has 0 aromatic carbocycles. The Labute approximate surface area is 198 Å². The highest BCUT2D eigenvalue weighted by Crippen LogP contribution is 2.05. The molecule has 4 atom stereocenters. The van der Waals surface area contributed by atoms with E-state index < -0.39 is 79.1 Å². The van der Waals surface area contributed by atoms with E-state index in [4.69, 9.17) is 15.9 Å². The summed E-state index contributed by atoms with van der Waals surface area (Å²) in [4.78, 5) is 77.4. The first-order chi connectivity index (χ1) is 15.9. The molecule has 0 saturated heterocycles. The van der Waals surface area contributed by atoms with Crippen LogP contribution in [0, 0.1) is 0 Å². The van der Waals surface area contributed by atoms with Crippen LogP contribution in [-0.4, -0.2) is 90.8 Å². The van der Waals surface area contributed by atoms with Gasteiger partial charge in [-0.15, -0.1) is 0 Å². The Morgan fingerprint density at radius 1 is 0.941 bits per heavy atom. The van der Waals surface area contributed by atoms with Crippen LogP contribution < -0.4 is 21.7 Å². The van der Waals surface area contributed by atoms with Gasteiger partial charge in [0.1, 0.15) is 18.1 Å². The maximum absolute atomic E-state index is 12.7. The van der Waals surface area contributed by atoms with Crippen LogP contribution in [0.1, 0.15) is 25.0 Å². The predicted molar refractivity (Wildman–Crippen MR) is 117 cm³/mol. The molecule has 4 unspecified atom stereocenters. The lowest BCUT2D eigenvalue weighted by atomic mass is 10.1. The molecular weight excluding hydrogens is 476 g/mol. The minimum absolute atomic E-state index is 0.0935. The summed E-state index contributed by atoms with van der Waals surface area (Å²) in [6.07, 6.45) is 0.606. The first-order valence-corrected chi connectivity index (χ1v) is 10.5. The molecule has 1 aromatic rings. The molecule has 0 aliphatic heterocycles. The van der Waals surface area contributed by atoms with E-state index in [1.54, 1.807) is 0 Å². The first-order valence-electron chi connectivity index (χ1n) is 9.85. The van der Waals surface area contributed by atoms with Crippen LogP contribution in [0.15, 0.2) is 12.5 Å². The number of nitrogens with one attached hydrogen (secondary N) is 4. The molecule has 34 heavy (non-hydrogen) atoms. The van der Waals surface area contributed by atoms with Crippen LogP contribution in [-0.2, 0) is 35.2 Å². The van der Waals surface area contributed by atoms with Gasteiger partial charge in [-0.25, -0.2) is 9.78 Å². The summed E-state index contributed by atoms with van der Waals surface area (Å²) in [5.74, 6) is -7.23. The molecule has 1 heterocycles. The number of hydrogen-bond donors (Lipinski definition) is 9. The van der Waals surface area contributed by atoms with Crippen molar-refractivity contribution in [3.8, 4) is 0 Å². The van der Waals surface area contributed by atoms with E-state index in [1.165, 1.54) is 12.5 Å². The molecule has 9 N–H and O–H groups in total. The van der Waals surface area contributed by atoms with Crippen molar-refractivity contribution in [1.82, 2.24) is 25.9 Å². The van der Waals surface area contributed by atoms with Crippen molar-refractivity contribution in [3.05, 3.63) is 18.2 Å². The number of carboxylic acids is 3. The molecule has 0 aliphatic rings. The predicted octanol–water partition coefficient (Wildman–Crippen LogP) is -2.91. The number of aliphatic carboxylic acids is 3. The normalized spacial score (nSPS) is 14.2. The summed E-state index contributed by atoms with van der Waals surface area (Å²) in [5.41, 5.74) is 5.90. The van der Waals surface area contributed by atoms with Crippen LogP contribution in [0.4, 0.5) is 0 Å². The SMILES string of the molecule is NC(CS)C(=O)NC(CC(=O)O)C(=O)NC(CCC(=O)O)C(=O)NC(Cc1cnc[nH]1)C(=O)O. The van der Waals surface area contributed by atoms with Gasteiger partial charge in [0.25, 0.3) is 0 Å². The quantitative estimate of drug-likeness (QED) is 0.110. The van der Waals surface area contributed by atoms with E-state index in [0.717, 1.165) is 0 Å². The van der Waals surface area contributed by atoms with Crippen molar-refractivity contribution >= 4 is 48.3 Å². The largest absolute Gasteiger partial charge is 0.481 e. The van der Waals surface area contributed by atoms with Crippen molar-refractivity contribution in [1.29, 1.82) is 0 Å². The average Bonchev–Trinajstić information content (AvgIpc) is 3.27. The number of H-pyrrole nitrogens is 1. The Morgan fingerprint density at radius 2 is 1.53 bits per heavy atom. The van der Waals surface area contributed by atoms with Gasteiger partial charge in [0.2, 0.25) is 17.7 Å². The minimum atomic E-state index is -1.64. The fourth-order valence-corrected chi connectivity index (χ4v) is 2.81. The molecule has 1 aromatic heterocycles. The number of hydrogen-bond acceptors (Lipinski definition) is 9. The van der Waals surface area contributed by atoms with Crippen molar-refractivity contribution in [2.45, 2.75) is 49.9 Å². The average molecular weight is 503 g/mol. The molecule has 0 bridgehead atoms. The standard InChI is InChI=1S/C18H26N6O9S/c19-9(6-34)15(29)23-11(4-14(27)28)17(31)22-10(1-2-13(25)26)16(30)24-12(18(32)33)3-8-5-20-7-21-8/h5,7,9-12,34H,1-4,6,19H2,(H,20,21)(H,22,31)(H,23,29)(H,24,30)(H,25,26)(H,27,28)(H,32,33). The molecular formula is C18H26N6O9S. The highest BCUT2D eigenvalue weighted by molar-refractivity contribution is 7.80. The van der Waals surface area contributed by atoms with Crippen molar-refractivity contribution < 1.29 is 44.1 Å². The zero-order valence-electron chi connectivity index (χ0n) is 17.8. The number of carboxylic acid groups (broad SMARTS) is 3. The molecule has 188 valence electrons. The Kier molecular flexibility index (Phi) is 11.5. The maximum Gasteiger partial charge on any atom is 0.326 e. The zero-order valence-corrected chi connectivity index (χ0v) is 18.7. The maximum atomic E-state index is 12.7. The number of nitrogens with two attached hydrogens (primary N) is 1. The van der Waals surface area contributed by atoms with E-state index in [9.17, 15) is 33.9 Å². The van der Waals surface area contributed by atoms with E-state index in [0.29, 0.717) is 5.69 Å². The van der Waals surface area contributed by atoms with Crippen LogP contribution in [0.3, 0.4) is 0 Å². The fraction of sp³-hybridized carbons (Fsp3) is 0.500. The molecule has 0 fully saturated rings. The van der Waals surface area contributed by atoms with Gasteiger partial charge in [-0.3, -0.25) is 24.0 Å². The van der Waals surface area contributed by atoms with E-state index in [1.807, 2.05) is 0 Å². The number of amides is 3. The first kappa shape index (κ1) is 28.4. The fourth-order valence-electron chi connectivity index (χ4n) is 2.64. The number of thiol groups is 1. The monoisotopic (exact) mass is 502 g/mol. The molecule has 15 nitrogen and oxygen atoms in total. The number of nitrogens with zero attached hydrogens (tertiary/aromatic N) is 1. The highest BCUT2D eigenvalue weighted by atomic mass is 32.1. The Morgan fingerprint density at radius 3 is 2.03 bits per heavy atom. The van der Waals surface area contributed by atoms with Crippen molar-refractivity contribution in [3.63, 3.8) is 0 Å². The van der Waals surface area contributed by atoms with Crippen molar-refractivity contribution in [2.24, 2.45) is 5.73 Å². The van der Waals surface area contributed by atoms with Crippen LogP contribution in [0.2, 0.25) is 0 Å². The molecule has 0 radical (unpaired) electrons. The highest BCUT2D eigenvalue weighted by Gasteiger charge is 2.31. The molecule has 0 aliphatic carbocycles. The van der Waals surface area contributed by atoms with Crippen LogP contribution in [0.5, 0.6) is 0 Å². The lowest BCUT2D eigenvalue weighted by molar-refractivity contribution is -0.143. The number of imidazole rings is 1. The Balaban J connectivity index is 3.01. The molecule has 0 spiro atoms. The van der Waals surface area contributed by atoms with Crippen LogP contribution in [0.25, 0.3) is 0 Å². The van der Waals surface area contributed by atoms with Crippen molar-refractivity contribution in [2.75, 3.05) is 5.75 Å². The van der Waals surface area contributed by atoms with Gasteiger partial charge < -0.3 is 42.0 Å². The Hall–Kier alpha value is -3.66. The molecule has 16 heteroatoms. The Bertz CT molecular complexity index is 894. The van der Waals surface area contributed by atoms with Crippen LogP contribution >= 0.6 is 12.6 Å². The molecule has 0 saturated carbocycles. The summed E-state index contributed by atoms with van der Waals surface area (Å²) in [6, 6.07) is -5.77. The van der Waals surface area contributed by atoms with Gasteiger partial charge in [0.15, 0.2) is 0 Å². The van der Waals surface area contributed by atoms with Gasteiger partial charge >= 0.3 is 17.9 Å². The van der Waals surface area contributed by atoms with E-state index in [-0.39, 0.29) is 12.2 Å². The molecule has 1 rings (SSSR count). The van der Waals surface area contributed by atoms with E-state index in [2.05, 4.69) is 38.5 Å². The van der Waals surface area contributed by atoms with Gasteiger partial charge in [-0.1, -0.05) is 0 Å². The second-order valence-electron chi connectivity index (χ2n) is 7.12. The smallest absolute Gasteiger partial charge is 0.326 e. The number of carbonyl (C=O) groups excluding carboxylic acids is 3. The third kappa shape index (κ3) is 9.86. The number of carbonyl (C=O) groups is 6. The summed E-state index contributed by atoms with van der Waals surface area (Å²) in [7, 11) is 0. The number of aromatic nitrogens is 2. The van der Waals surface area contributed by atoms with Gasteiger partial charge in [-0.05, 0) is 6.42 Å². The third-order valence-corrected chi connectivity index (χ3v) is 4.81. The second kappa shape index (κ2) is 13.8. The number of rotatable bonds is 15. The topological polar surface area (TPSA) is 254 Å². The lowest BCUT2D eigenvalue weighted by Gasteiger charge is -2.24. The molecule has 3 amide bonds.